The van der Waals surface area contributed by atoms with Gasteiger partial charge >= 0.3 is 12.6 Å². The Kier molecular flexibility index (Phi) is 6.44. The molecule has 4 rings (SSSR count). The summed E-state index contributed by atoms with van der Waals surface area (Å²) in [5, 5.41) is 0. The SMILES string of the molecule is NC(=O)N1CCN(c2ccc(OC(F)F)c(OC3CCC3)c2)C[C@@H]1Cc1ccccc1. The van der Waals surface area contributed by atoms with Crippen molar-refractivity contribution < 1.29 is 23.0 Å². The van der Waals surface area contributed by atoms with Gasteiger partial charge < -0.3 is 25.0 Å². The van der Waals surface area contributed by atoms with Gasteiger partial charge in [0, 0.05) is 31.4 Å². The molecule has 1 aliphatic carbocycles. The number of benzene rings is 2. The van der Waals surface area contributed by atoms with Gasteiger partial charge in [0.15, 0.2) is 11.5 Å². The first-order valence-electron chi connectivity index (χ1n) is 10.6. The number of urea groups is 1. The van der Waals surface area contributed by atoms with Crippen LogP contribution in [0.5, 0.6) is 11.5 Å². The van der Waals surface area contributed by atoms with Gasteiger partial charge in [-0.1, -0.05) is 30.3 Å². The molecule has 1 heterocycles. The Morgan fingerprint density at radius 1 is 1.10 bits per heavy atom. The fourth-order valence-corrected chi connectivity index (χ4v) is 4.09. The summed E-state index contributed by atoms with van der Waals surface area (Å²) >= 11 is 0. The summed E-state index contributed by atoms with van der Waals surface area (Å²) in [6, 6.07) is 14.5. The molecule has 2 aromatic rings. The van der Waals surface area contributed by atoms with Crippen LogP contribution in [-0.2, 0) is 6.42 Å². The van der Waals surface area contributed by atoms with E-state index in [1.165, 1.54) is 6.07 Å². The van der Waals surface area contributed by atoms with Crippen molar-refractivity contribution in [3.63, 3.8) is 0 Å². The molecular weight excluding hydrogens is 404 g/mol. The predicted molar refractivity (Wildman–Crippen MR) is 114 cm³/mol. The van der Waals surface area contributed by atoms with Crippen LogP contribution in [0.3, 0.4) is 0 Å². The molecule has 1 saturated heterocycles. The van der Waals surface area contributed by atoms with Crippen LogP contribution in [0.1, 0.15) is 24.8 Å². The van der Waals surface area contributed by atoms with Crippen molar-refractivity contribution in [1.82, 2.24) is 4.90 Å². The van der Waals surface area contributed by atoms with Crippen LogP contribution in [0.15, 0.2) is 48.5 Å². The second-order valence-electron chi connectivity index (χ2n) is 8.00. The lowest BCUT2D eigenvalue weighted by molar-refractivity contribution is -0.0526. The molecule has 0 aromatic heterocycles. The van der Waals surface area contributed by atoms with Gasteiger partial charge in [-0.3, -0.25) is 0 Å². The highest BCUT2D eigenvalue weighted by Crippen LogP contribution is 2.37. The number of ether oxygens (including phenoxy) is 2. The first-order valence-corrected chi connectivity index (χ1v) is 10.6. The van der Waals surface area contributed by atoms with E-state index in [0.29, 0.717) is 31.8 Å². The van der Waals surface area contributed by atoms with E-state index >= 15 is 0 Å². The Hall–Kier alpha value is -3.03. The topological polar surface area (TPSA) is 68.0 Å². The summed E-state index contributed by atoms with van der Waals surface area (Å²) < 4.78 is 36.2. The Labute approximate surface area is 180 Å². The van der Waals surface area contributed by atoms with Crippen molar-refractivity contribution in [2.75, 3.05) is 24.5 Å². The molecule has 31 heavy (non-hydrogen) atoms. The normalized spacial score (nSPS) is 19.3. The summed E-state index contributed by atoms with van der Waals surface area (Å²) in [6.07, 6.45) is 3.61. The molecule has 2 aliphatic rings. The third kappa shape index (κ3) is 5.18. The van der Waals surface area contributed by atoms with E-state index in [4.69, 9.17) is 10.5 Å². The number of amides is 2. The maximum atomic E-state index is 12.8. The molecule has 2 N–H and O–H groups in total. The minimum Gasteiger partial charge on any atom is -0.486 e. The molecule has 6 nitrogen and oxygen atoms in total. The molecule has 0 radical (unpaired) electrons. The van der Waals surface area contributed by atoms with Gasteiger partial charge in [-0.05, 0) is 43.4 Å². The lowest BCUT2D eigenvalue weighted by atomic mass is 9.96. The van der Waals surface area contributed by atoms with E-state index in [1.807, 2.05) is 30.3 Å². The number of nitrogens with two attached hydrogens (primary N) is 1. The van der Waals surface area contributed by atoms with Gasteiger partial charge in [0.1, 0.15) is 0 Å². The van der Waals surface area contributed by atoms with E-state index in [9.17, 15) is 13.6 Å². The first kappa shape index (κ1) is 21.2. The highest BCUT2D eigenvalue weighted by molar-refractivity contribution is 5.73. The zero-order valence-corrected chi connectivity index (χ0v) is 17.3. The summed E-state index contributed by atoms with van der Waals surface area (Å²) in [5.41, 5.74) is 7.59. The minimum absolute atomic E-state index is 0.0350. The van der Waals surface area contributed by atoms with Gasteiger partial charge in [-0.15, -0.1) is 0 Å². The summed E-state index contributed by atoms with van der Waals surface area (Å²) in [6.45, 7) is -1.26. The number of hydrogen-bond donors (Lipinski definition) is 1. The monoisotopic (exact) mass is 431 g/mol. The van der Waals surface area contributed by atoms with Gasteiger partial charge in [0.05, 0.1) is 12.1 Å². The fraction of sp³-hybridized carbons (Fsp3) is 0.435. The van der Waals surface area contributed by atoms with Gasteiger partial charge in [0.25, 0.3) is 0 Å². The lowest BCUT2D eigenvalue weighted by Crippen LogP contribution is -2.57. The maximum absolute atomic E-state index is 12.8. The van der Waals surface area contributed by atoms with Crippen molar-refractivity contribution in [2.24, 2.45) is 5.73 Å². The average Bonchev–Trinajstić information content (AvgIpc) is 2.72. The molecule has 1 atom stereocenters. The number of hydrogen-bond acceptors (Lipinski definition) is 4. The van der Waals surface area contributed by atoms with Crippen LogP contribution in [0.25, 0.3) is 0 Å². The second kappa shape index (κ2) is 9.41. The smallest absolute Gasteiger partial charge is 0.387 e. The highest BCUT2D eigenvalue weighted by Gasteiger charge is 2.30. The molecule has 0 bridgehead atoms. The minimum atomic E-state index is -2.91. The third-order valence-electron chi connectivity index (χ3n) is 5.93. The first-order chi connectivity index (χ1) is 15.0. The molecular formula is C23H27F2N3O3. The summed E-state index contributed by atoms with van der Waals surface area (Å²) in [4.78, 5) is 15.8. The van der Waals surface area contributed by atoms with E-state index in [-0.39, 0.29) is 17.9 Å². The predicted octanol–water partition coefficient (Wildman–Crippen LogP) is 4.03. The Balaban J connectivity index is 1.54. The highest BCUT2D eigenvalue weighted by atomic mass is 19.3. The molecule has 1 aliphatic heterocycles. The molecule has 166 valence electrons. The van der Waals surface area contributed by atoms with Gasteiger partial charge in [-0.25, -0.2) is 4.79 Å². The molecule has 2 aromatic carbocycles. The largest absolute Gasteiger partial charge is 0.486 e. The molecule has 2 fully saturated rings. The van der Waals surface area contributed by atoms with Crippen LogP contribution in [0, 0.1) is 0 Å². The number of primary amides is 1. The van der Waals surface area contributed by atoms with Crippen LogP contribution in [-0.4, -0.2) is 49.3 Å². The second-order valence-corrected chi connectivity index (χ2v) is 8.00. The Morgan fingerprint density at radius 2 is 1.87 bits per heavy atom. The Bertz CT molecular complexity index is 893. The van der Waals surface area contributed by atoms with Crippen molar-refractivity contribution in [3.05, 3.63) is 54.1 Å². The van der Waals surface area contributed by atoms with E-state index in [0.717, 1.165) is 30.5 Å². The lowest BCUT2D eigenvalue weighted by Gasteiger charge is -2.42. The molecule has 0 spiro atoms. The van der Waals surface area contributed by atoms with Crippen LogP contribution >= 0.6 is 0 Å². The van der Waals surface area contributed by atoms with Crippen LogP contribution in [0.4, 0.5) is 19.3 Å². The van der Waals surface area contributed by atoms with Crippen molar-refractivity contribution in [1.29, 1.82) is 0 Å². The number of nitrogens with zero attached hydrogens (tertiary/aromatic N) is 2. The molecule has 0 unspecified atom stereocenters. The fourth-order valence-electron chi connectivity index (χ4n) is 4.09. The van der Waals surface area contributed by atoms with Crippen molar-refractivity contribution >= 4 is 11.7 Å². The number of anilines is 1. The van der Waals surface area contributed by atoms with Crippen molar-refractivity contribution in [3.8, 4) is 11.5 Å². The molecule has 2 amide bonds. The standard InChI is InChI=1S/C23H27F2N3O3/c24-22(25)31-20-10-9-17(14-21(20)30-19-7-4-8-19)27-11-12-28(23(26)29)18(15-27)13-16-5-2-1-3-6-16/h1-3,5-6,9-10,14,18-19,22H,4,7-8,11-13,15H2,(H2,26,29)/t18-/m0/s1. The number of piperazine rings is 1. The van der Waals surface area contributed by atoms with Gasteiger partial charge in [0.2, 0.25) is 0 Å². The molecule has 1 saturated carbocycles. The third-order valence-corrected chi connectivity index (χ3v) is 5.93. The quantitative estimate of drug-likeness (QED) is 0.719. The number of carbonyl (C=O) groups is 1. The Morgan fingerprint density at radius 3 is 2.52 bits per heavy atom. The van der Waals surface area contributed by atoms with E-state index in [1.54, 1.807) is 17.0 Å². The average molecular weight is 431 g/mol. The van der Waals surface area contributed by atoms with Crippen LogP contribution < -0.4 is 20.1 Å². The number of rotatable bonds is 7. The zero-order valence-electron chi connectivity index (χ0n) is 17.3. The van der Waals surface area contributed by atoms with E-state index in [2.05, 4.69) is 9.64 Å². The summed E-state index contributed by atoms with van der Waals surface area (Å²) in [5.74, 6) is 0.377. The van der Waals surface area contributed by atoms with E-state index < -0.39 is 12.6 Å². The summed E-state index contributed by atoms with van der Waals surface area (Å²) in [7, 11) is 0. The molecule has 8 heteroatoms. The number of alkyl halides is 2. The van der Waals surface area contributed by atoms with Gasteiger partial charge in [-0.2, -0.15) is 8.78 Å². The van der Waals surface area contributed by atoms with Crippen molar-refractivity contribution in [2.45, 2.75) is 44.4 Å². The zero-order chi connectivity index (χ0) is 21.8. The number of carbonyl (C=O) groups excluding carboxylic acids is 1. The number of halogens is 2. The van der Waals surface area contributed by atoms with Crippen LogP contribution in [0.2, 0.25) is 0 Å². The maximum Gasteiger partial charge on any atom is 0.387 e.